The molecule has 4 heteroatoms. The Morgan fingerprint density at radius 1 is 1.38 bits per heavy atom. The van der Waals surface area contributed by atoms with Gasteiger partial charge in [-0.05, 0) is 37.1 Å². The Bertz CT molecular complexity index is 589. The van der Waals surface area contributed by atoms with E-state index < -0.39 is 0 Å². The number of allylic oxidation sites excluding steroid dienone is 3. The van der Waals surface area contributed by atoms with Crippen molar-refractivity contribution in [3.8, 4) is 0 Å². The smallest absolute Gasteiger partial charge is 0.253 e. The Kier molecular flexibility index (Phi) is 5.04. The van der Waals surface area contributed by atoms with Crippen molar-refractivity contribution in [1.29, 1.82) is 0 Å². The van der Waals surface area contributed by atoms with E-state index in [1.807, 2.05) is 18.4 Å². The van der Waals surface area contributed by atoms with Crippen molar-refractivity contribution in [2.24, 2.45) is 10.9 Å². The molecule has 0 radical (unpaired) electrons. The van der Waals surface area contributed by atoms with E-state index in [-0.39, 0.29) is 17.6 Å². The predicted molar refractivity (Wildman–Crippen MR) is 83.0 cm³/mol. The number of nitrogens with zero attached hydrogens (tertiary/aromatic N) is 2. The van der Waals surface area contributed by atoms with Crippen LogP contribution in [0.25, 0.3) is 0 Å². The third-order valence-electron chi connectivity index (χ3n) is 3.48. The molecule has 0 saturated carbocycles. The Labute approximate surface area is 124 Å². The zero-order valence-electron chi connectivity index (χ0n) is 12.3. The number of carbonyl (C=O) groups excluding carboxylic acids is 1. The van der Waals surface area contributed by atoms with Crippen LogP contribution in [0.4, 0.5) is 4.39 Å². The highest BCUT2D eigenvalue weighted by Crippen LogP contribution is 2.12. The van der Waals surface area contributed by atoms with Gasteiger partial charge in [0.05, 0.1) is 0 Å². The first-order chi connectivity index (χ1) is 10.1. The van der Waals surface area contributed by atoms with Gasteiger partial charge in [0.1, 0.15) is 5.82 Å². The first-order valence-corrected chi connectivity index (χ1v) is 6.96. The van der Waals surface area contributed by atoms with Gasteiger partial charge in [-0.25, -0.2) is 4.39 Å². The standard InChI is InChI=1S/C17H19FN2O/c1-13-6-7-15(11-16(13)18)17(21)20(2)10-8-14-5-3-4-9-19-12-14/h3-7,9,11-12,14H,8,10H2,1-2H3. The summed E-state index contributed by atoms with van der Waals surface area (Å²) < 4.78 is 13.5. The lowest BCUT2D eigenvalue weighted by molar-refractivity contribution is 0.0791. The summed E-state index contributed by atoms with van der Waals surface area (Å²) in [4.78, 5) is 18.0. The van der Waals surface area contributed by atoms with Gasteiger partial charge in [0.15, 0.2) is 0 Å². The summed E-state index contributed by atoms with van der Waals surface area (Å²) in [5, 5.41) is 0. The molecule has 1 unspecified atom stereocenters. The highest BCUT2D eigenvalue weighted by Gasteiger charge is 2.14. The van der Waals surface area contributed by atoms with Crippen molar-refractivity contribution in [1.82, 2.24) is 4.90 Å². The van der Waals surface area contributed by atoms with Crippen molar-refractivity contribution in [3.05, 3.63) is 59.6 Å². The van der Waals surface area contributed by atoms with Crippen LogP contribution in [0.5, 0.6) is 0 Å². The normalized spacial score (nSPS) is 16.8. The minimum Gasteiger partial charge on any atom is -0.342 e. The molecule has 0 saturated heterocycles. The molecular formula is C17H19FN2O. The first-order valence-electron chi connectivity index (χ1n) is 6.96. The van der Waals surface area contributed by atoms with Crippen LogP contribution in [-0.4, -0.2) is 30.6 Å². The number of amides is 1. The van der Waals surface area contributed by atoms with Crippen LogP contribution in [0.3, 0.4) is 0 Å². The lowest BCUT2D eigenvalue weighted by Gasteiger charge is -2.19. The van der Waals surface area contributed by atoms with E-state index in [1.54, 1.807) is 37.2 Å². The summed E-state index contributed by atoms with van der Waals surface area (Å²) in [5.41, 5.74) is 0.925. The molecule has 1 aromatic carbocycles. The number of benzene rings is 1. The molecular weight excluding hydrogens is 267 g/mol. The minimum absolute atomic E-state index is 0.165. The molecule has 1 aromatic rings. The highest BCUT2D eigenvalue weighted by atomic mass is 19.1. The van der Waals surface area contributed by atoms with Gasteiger partial charge in [0.25, 0.3) is 5.91 Å². The molecule has 0 N–H and O–H groups in total. The van der Waals surface area contributed by atoms with Crippen LogP contribution in [0.2, 0.25) is 0 Å². The summed E-state index contributed by atoms with van der Waals surface area (Å²) in [6.07, 6.45) is 10.3. The van der Waals surface area contributed by atoms with E-state index >= 15 is 0 Å². The Hall–Kier alpha value is -2.23. The van der Waals surface area contributed by atoms with E-state index in [2.05, 4.69) is 11.1 Å². The molecule has 0 spiro atoms. The number of carbonyl (C=O) groups is 1. The van der Waals surface area contributed by atoms with Crippen molar-refractivity contribution in [2.75, 3.05) is 13.6 Å². The third-order valence-corrected chi connectivity index (χ3v) is 3.48. The summed E-state index contributed by atoms with van der Waals surface area (Å²) in [7, 11) is 1.73. The number of hydrogen-bond donors (Lipinski definition) is 0. The van der Waals surface area contributed by atoms with Gasteiger partial charge in [0, 0.05) is 37.5 Å². The van der Waals surface area contributed by atoms with Crippen LogP contribution in [0.1, 0.15) is 22.3 Å². The molecule has 0 bridgehead atoms. The molecule has 21 heavy (non-hydrogen) atoms. The number of hydrogen-bond acceptors (Lipinski definition) is 2. The number of rotatable bonds is 4. The summed E-state index contributed by atoms with van der Waals surface area (Å²) in [6.45, 7) is 2.27. The molecule has 0 aliphatic carbocycles. The molecule has 110 valence electrons. The fraction of sp³-hybridized carbons (Fsp3) is 0.294. The van der Waals surface area contributed by atoms with Crippen LogP contribution >= 0.6 is 0 Å². The van der Waals surface area contributed by atoms with Crippen LogP contribution in [-0.2, 0) is 0 Å². The largest absolute Gasteiger partial charge is 0.342 e. The van der Waals surface area contributed by atoms with Gasteiger partial charge in [-0.1, -0.05) is 18.2 Å². The molecule has 1 amide bonds. The second kappa shape index (κ2) is 6.97. The van der Waals surface area contributed by atoms with Crippen LogP contribution in [0.15, 0.2) is 47.6 Å². The van der Waals surface area contributed by atoms with E-state index in [4.69, 9.17) is 0 Å². The Morgan fingerprint density at radius 3 is 2.95 bits per heavy atom. The molecule has 1 atom stereocenters. The maximum atomic E-state index is 13.5. The molecule has 3 nitrogen and oxygen atoms in total. The van der Waals surface area contributed by atoms with Crippen molar-refractivity contribution in [2.45, 2.75) is 13.3 Å². The Balaban J connectivity index is 1.94. The van der Waals surface area contributed by atoms with Crippen LogP contribution in [0, 0.1) is 18.7 Å². The molecule has 1 aliphatic rings. The third kappa shape index (κ3) is 4.12. The predicted octanol–water partition coefficient (Wildman–Crippen LogP) is 3.37. The molecule has 0 aromatic heterocycles. The fourth-order valence-corrected chi connectivity index (χ4v) is 2.08. The average molecular weight is 286 g/mol. The Morgan fingerprint density at radius 2 is 2.19 bits per heavy atom. The van der Waals surface area contributed by atoms with Crippen molar-refractivity contribution in [3.63, 3.8) is 0 Å². The zero-order chi connectivity index (χ0) is 15.2. The van der Waals surface area contributed by atoms with Crippen LogP contribution < -0.4 is 0 Å². The van der Waals surface area contributed by atoms with Crippen molar-refractivity contribution < 1.29 is 9.18 Å². The van der Waals surface area contributed by atoms with Gasteiger partial charge in [-0.15, -0.1) is 0 Å². The minimum atomic E-state index is -0.348. The van der Waals surface area contributed by atoms with Gasteiger partial charge in [-0.2, -0.15) is 0 Å². The molecule has 2 rings (SSSR count). The quantitative estimate of drug-likeness (QED) is 0.835. The van der Waals surface area contributed by atoms with Gasteiger partial charge in [0.2, 0.25) is 0 Å². The van der Waals surface area contributed by atoms with Crippen molar-refractivity contribution >= 4 is 12.1 Å². The second-order valence-corrected chi connectivity index (χ2v) is 5.17. The van der Waals surface area contributed by atoms with Gasteiger partial charge in [-0.3, -0.25) is 9.79 Å². The SMILES string of the molecule is Cc1ccc(C(=O)N(C)CCC2C=CC=CN=C2)cc1F. The monoisotopic (exact) mass is 286 g/mol. The fourth-order valence-electron chi connectivity index (χ4n) is 2.08. The van der Waals surface area contributed by atoms with E-state index in [0.29, 0.717) is 17.7 Å². The number of aryl methyl sites for hydroxylation is 1. The number of halogens is 1. The summed E-state index contributed by atoms with van der Waals surface area (Å²) in [5.74, 6) is -0.300. The first kappa shape index (κ1) is 15.2. The maximum Gasteiger partial charge on any atom is 0.253 e. The van der Waals surface area contributed by atoms with E-state index in [0.717, 1.165) is 6.42 Å². The molecule has 0 fully saturated rings. The summed E-state index contributed by atoms with van der Waals surface area (Å²) >= 11 is 0. The van der Waals surface area contributed by atoms with E-state index in [9.17, 15) is 9.18 Å². The highest BCUT2D eigenvalue weighted by molar-refractivity contribution is 5.94. The number of aliphatic imine (C=N–C) groups is 1. The van der Waals surface area contributed by atoms with Gasteiger partial charge >= 0.3 is 0 Å². The average Bonchev–Trinajstić information content (AvgIpc) is 2.75. The zero-order valence-corrected chi connectivity index (χ0v) is 12.3. The van der Waals surface area contributed by atoms with E-state index in [1.165, 1.54) is 6.07 Å². The molecule has 1 aliphatic heterocycles. The maximum absolute atomic E-state index is 13.5. The lowest BCUT2D eigenvalue weighted by Crippen LogP contribution is -2.29. The topological polar surface area (TPSA) is 32.7 Å². The molecule has 1 heterocycles. The second-order valence-electron chi connectivity index (χ2n) is 5.17. The summed E-state index contributed by atoms with van der Waals surface area (Å²) in [6, 6.07) is 4.59. The van der Waals surface area contributed by atoms with Gasteiger partial charge < -0.3 is 4.90 Å². The lowest BCUT2D eigenvalue weighted by atomic mass is 10.1.